The summed E-state index contributed by atoms with van der Waals surface area (Å²) in [6.45, 7) is 14.1. The Bertz CT molecular complexity index is 1640. The minimum Gasteiger partial charge on any atom is -0.379 e. The van der Waals surface area contributed by atoms with E-state index < -0.39 is 9.84 Å². The third kappa shape index (κ3) is 6.81. The largest absolute Gasteiger partial charge is 0.379 e. The summed E-state index contributed by atoms with van der Waals surface area (Å²) in [7, 11) is -3.52. The van der Waals surface area contributed by atoms with Gasteiger partial charge in [0.1, 0.15) is 0 Å². The molecule has 3 aromatic rings. The predicted molar refractivity (Wildman–Crippen MR) is 194 cm³/mol. The number of likely N-dealkylation sites (tertiary alicyclic amines) is 1. The average molecular weight is 684 g/mol. The zero-order chi connectivity index (χ0) is 33.3. The van der Waals surface area contributed by atoms with E-state index in [9.17, 15) is 8.42 Å². The number of hydrogen-bond acceptors (Lipinski definition) is 8. The number of morpholine rings is 1. The molecule has 4 aliphatic heterocycles. The topological polar surface area (TPSA) is 69.2 Å². The summed E-state index contributed by atoms with van der Waals surface area (Å²) in [5, 5.41) is 0. The maximum absolute atomic E-state index is 13.0. The van der Waals surface area contributed by atoms with Crippen LogP contribution < -0.4 is 4.90 Å². The molecule has 0 radical (unpaired) electrons. The molecular weight excluding hydrogens is 631 g/mol. The van der Waals surface area contributed by atoms with Crippen LogP contribution in [0.5, 0.6) is 0 Å². The maximum Gasteiger partial charge on any atom is 0.206 e. The zero-order valence-corrected chi connectivity index (χ0v) is 29.8. The molecule has 2 aromatic carbocycles. The molecule has 9 heteroatoms. The highest BCUT2D eigenvalue weighted by molar-refractivity contribution is 7.91. The molecule has 1 unspecified atom stereocenters. The van der Waals surface area contributed by atoms with E-state index in [-0.39, 0.29) is 10.3 Å². The van der Waals surface area contributed by atoms with Gasteiger partial charge in [-0.25, -0.2) is 8.42 Å². The summed E-state index contributed by atoms with van der Waals surface area (Å²) < 4.78 is 31.6. The van der Waals surface area contributed by atoms with Crippen LogP contribution >= 0.6 is 0 Å². The molecule has 5 aliphatic rings. The summed E-state index contributed by atoms with van der Waals surface area (Å²) in [5.74, 6) is 2.19. The van der Waals surface area contributed by atoms with Gasteiger partial charge in [-0.05, 0) is 98.1 Å². The monoisotopic (exact) mass is 683 g/mol. The van der Waals surface area contributed by atoms with Crippen molar-refractivity contribution >= 4 is 15.5 Å². The fourth-order valence-corrected chi connectivity index (χ4v) is 11.2. The van der Waals surface area contributed by atoms with E-state index in [4.69, 9.17) is 4.74 Å². The first-order chi connectivity index (χ1) is 24.0. The minimum absolute atomic E-state index is 0.271. The van der Waals surface area contributed by atoms with Gasteiger partial charge in [-0.1, -0.05) is 37.1 Å². The van der Waals surface area contributed by atoms with Crippen molar-refractivity contribution in [1.29, 1.82) is 0 Å². The number of anilines is 1. The highest BCUT2D eigenvalue weighted by atomic mass is 32.2. The van der Waals surface area contributed by atoms with E-state index in [1.54, 1.807) is 35.4 Å². The van der Waals surface area contributed by atoms with Gasteiger partial charge in [0.15, 0.2) is 0 Å². The summed E-state index contributed by atoms with van der Waals surface area (Å²) in [6, 6.07) is 20.1. The molecule has 262 valence electrons. The van der Waals surface area contributed by atoms with Crippen LogP contribution in [0.2, 0.25) is 0 Å². The lowest BCUT2D eigenvalue weighted by Crippen LogP contribution is -2.58. The van der Waals surface area contributed by atoms with Gasteiger partial charge in [-0.15, -0.1) is 0 Å². The number of pyridine rings is 1. The number of benzene rings is 2. The van der Waals surface area contributed by atoms with Crippen molar-refractivity contribution in [2.24, 2.45) is 17.8 Å². The van der Waals surface area contributed by atoms with Crippen molar-refractivity contribution in [2.45, 2.75) is 60.3 Å². The molecule has 8 rings (SSSR count). The zero-order valence-electron chi connectivity index (χ0n) is 29.0. The molecule has 1 aromatic heterocycles. The number of aromatic nitrogens is 1. The number of sulfone groups is 1. The lowest BCUT2D eigenvalue weighted by atomic mass is 9.57. The lowest BCUT2D eigenvalue weighted by molar-refractivity contribution is 0.0152. The fraction of sp³-hybridized carbons (Fsp3) is 0.575. The van der Waals surface area contributed by atoms with Crippen LogP contribution in [0.25, 0.3) is 0 Å². The summed E-state index contributed by atoms with van der Waals surface area (Å²) in [4.78, 5) is 15.1. The molecule has 8 nitrogen and oxygen atoms in total. The smallest absolute Gasteiger partial charge is 0.206 e. The van der Waals surface area contributed by atoms with Crippen molar-refractivity contribution in [3.8, 4) is 0 Å². The van der Waals surface area contributed by atoms with Gasteiger partial charge in [-0.2, -0.15) is 0 Å². The van der Waals surface area contributed by atoms with Crippen LogP contribution in [0.3, 0.4) is 0 Å². The Morgan fingerprint density at radius 1 is 0.735 bits per heavy atom. The van der Waals surface area contributed by atoms with Gasteiger partial charge in [-0.3, -0.25) is 14.8 Å². The van der Waals surface area contributed by atoms with Crippen molar-refractivity contribution in [2.75, 3.05) is 83.6 Å². The average Bonchev–Trinajstić information content (AvgIpc) is 3.69. The van der Waals surface area contributed by atoms with Crippen LogP contribution in [0.1, 0.15) is 49.7 Å². The number of fused-ring (bicyclic) bond motifs is 1. The van der Waals surface area contributed by atoms with Gasteiger partial charge in [0, 0.05) is 88.3 Å². The molecule has 49 heavy (non-hydrogen) atoms. The predicted octanol–water partition coefficient (Wildman–Crippen LogP) is 5.34. The van der Waals surface area contributed by atoms with Crippen molar-refractivity contribution < 1.29 is 13.2 Å². The molecule has 5 heterocycles. The third-order valence-corrected chi connectivity index (χ3v) is 14.4. The van der Waals surface area contributed by atoms with Crippen molar-refractivity contribution in [1.82, 2.24) is 19.7 Å². The fourth-order valence-electron chi connectivity index (χ4n) is 9.98. The van der Waals surface area contributed by atoms with Crippen LogP contribution in [0, 0.1) is 17.8 Å². The summed E-state index contributed by atoms with van der Waals surface area (Å²) in [6.07, 6.45) is 11.2. The molecule has 0 amide bonds. The second-order valence-electron chi connectivity index (χ2n) is 15.4. The third-order valence-electron chi connectivity index (χ3n) is 12.6. The number of nitrogens with zero attached hydrogens (tertiary/aromatic N) is 5. The number of rotatable bonds is 10. The highest BCUT2D eigenvalue weighted by Gasteiger charge is 2.51. The second-order valence-corrected chi connectivity index (χ2v) is 17.3. The normalized spacial score (nSPS) is 25.3. The molecule has 3 saturated heterocycles. The molecule has 0 bridgehead atoms. The molecule has 1 atom stereocenters. The quantitative estimate of drug-likeness (QED) is 0.284. The lowest BCUT2D eigenvalue weighted by Gasteiger charge is -2.54. The molecule has 1 saturated carbocycles. The van der Waals surface area contributed by atoms with E-state index in [1.807, 2.05) is 12.1 Å². The van der Waals surface area contributed by atoms with E-state index >= 15 is 0 Å². The summed E-state index contributed by atoms with van der Waals surface area (Å²) >= 11 is 0. The Labute approximate surface area is 293 Å². The first kappa shape index (κ1) is 33.3. The first-order valence-corrected chi connectivity index (χ1v) is 20.3. The molecule has 0 N–H and O–H groups in total. The number of hydrogen-bond donors (Lipinski definition) is 0. The van der Waals surface area contributed by atoms with Crippen LogP contribution in [-0.4, -0.2) is 107 Å². The highest BCUT2D eigenvalue weighted by Crippen LogP contribution is 2.53. The summed E-state index contributed by atoms with van der Waals surface area (Å²) in [5.41, 5.74) is 4.66. The van der Waals surface area contributed by atoms with Crippen LogP contribution in [0.15, 0.2) is 82.8 Å². The molecule has 1 aliphatic carbocycles. The Morgan fingerprint density at radius 2 is 1.39 bits per heavy atom. The van der Waals surface area contributed by atoms with E-state index in [0.717, 1.165) is 83.1 Å². The van der Waals surface area contributed by atoms with Gasteiger partial charge >= 0.3 is 0 Å². The first-order valence-electron chi connectivity index (χ1n) is 18.8. The molecule has 0 spiro atoms. The van der Waals surface area contributed by atoms with Crippen molar-refractivity contribution in [3.63, 3.8) is 0 Å². The molecular formula is C40H53N5O3S. The van der Waals surface area contributed by atoms with Crippen LogP contribution in [-0.2, 0) is 26.5 Å². The van der Waals surface area contributed by atoms with E-state index in [1.165, 1.54) is 70.6 Å². The maximum atomic E-state index is 13.0. The Kier molecular flexibility index (Phi) is 9.81. The Hall–Kier alpha value is -2.82. The van der Waals surface area contributed by atoms with E-state index in [0.29, 0.717) is 10.8 Å². The molecule has 4 fully saturated rings. The number of ether oxygens (including phenoxy) is 1. The van der Waals surface area contributed by atoms with Gasteiger partial charge in [0.05, 0.1) is 23.0 Å². The standard InChI is InChI=1S/C40H53N5O3S/c46-49(47,38-13-17-41-18-14-38)37-11-9-36(10-12-37)45-28-32(29-45)27-43-19-15-35(16-20-43)40(34-6-2-3-7-34)31-44(22-21-42-23-25-48-26-24-42)30-33-5-1-4-8-39(33)40/h1,4-5,8-14,17-18,32,34-35H,2-3,6-7,15-16,19-31H2. The van der Waals surface area contributed by atoms with Gasteiger partial charge in [0.2, 0.25) is 9.84 Å². The van der Waals surface area contributed by atoms with E-state index in [2.05, 4.69) is 48.8 Å². The Balaban J connectivity index is 0.895. The number of piperidine rings is 1. The minimum atomic E-state index is -3.52. The van der Waals surface area contributed by atoms with Crippen molar-refractivity contribution in [3.05, 3.63) is 84.2 Å². The van der Waals surface area contributed by atoms with Gasteiger partial charge < -0.3 is 14.5 Å². The van der Waals surface area contributed by atoms with Crippen LogP contribution in [0.4, 0.5) is 5.69 Å². The second kappa shape index (κ2) is 14.4. The SMILES string of the molecule is O=S(=O)(c1ccncc1)c1ccc(N2CC(CN3CCC(C4(C5CCCC5)CN(CCN5CCOCC5)Cc5ccccc54)CC3)C2)cc1. The Morgan fingerprint density at radius 3 is 2.12 bits per heavy atom. The van der Waals surface area contributed by atoms with Gasteiger partial charge in [0.25, 0.3) is 0 Å².